The molecule has 0 saturated carbocycles. The predicted octanol–water partition coefficient (Wildman–Crippen LogP) is 2.06. The Hall–Kier alpha value is -1.17. The molecule has 0 aliphatic carbocycles. The van der Waals surface area contributed by atoms with E-state index in [4.69, 9.17) is 0 Å². The lowest BCUT2D eigenvalue weighted by atomic mass is 10.2. The zero-order chi connectivity index (χ0) is 10.0. The van der Waals surface area contributed by atoms with E-state index in [1.165, 1.54) is 0 Å². The summed E-state index contributed by atoms with van der Waals surface area (Å²) in [4.78, 5) is 14.1. The summed E-state index contributed by atoms with van der Waals surface area (Å²) in [6, 6.07) is 1.61. The van der Waals surface area contributed by atoms with E-state index in [1.807, 2.05) is 12.3 Å². The zero-order valence-electron chi connectivity index (χ0n) is 7.17. The summed E-state index contributed by atoms with van der Waals surface area (Å²) in [5, 5.41) is 9.49. The Morgan fingerprint density at radius 3 is 2.69 bits per heavy atom. The largest absolute Gasteiger partial charge is 0.234 e. The highest BCUT2D eigenvalue weighted by molar-refractivity contribution is 9.10. The number of nitro groups is 1. The molecule has 0 unspecified atom stereocenters. The third-order valence-electron chi connectivity index (χ3n) is 1.51. The number of anilines is 1. The van der Waals surface area contributed by atoms with Crippen molar-refractivity contribution >= 4 is 21.7 Å². The fraction of sp³-hybridized carbons (Fsp3) is 0.286. The molecule has 6 heteroatoms. The first-order chi connectivity index (χ1) is 6.00. The quantitative estimate of drug-likeness (QED) is 0.640. The number of aromatic nitrogens is 1. The van der Waals surface area contributed by atoms with Crippen molar-refractivity contribution < 1.29 is 5.03 Å². The van der Waals surface area contributed by atoms with Gasteiger partial charge in [0.05, 0.1) is 5.69 Å². The van der Waals surface area contributed by atoms with E-state index in [2.05, 4.69) is 20.9 Å². The molecule has 0 aliphatic rings. The van der Waals surface area contributed by atoms with Crippen LogP contribution in [-0.4, -0.2) is 10.0 Å². The summed E-state index contributed by atoms with van der Waals surface area (Å²) in [5.41, 5.74) is 3.64. The predicted molar refractivity (Wildman–Crippen MR) is 52.0 cm³/mol. The fourth-order valence-corrected chi connectivity index (χ4v) is 1.17. The Kier molecular flexibility index (Phi) is 2.82. The number of halogens is 1. The maximum absolute atomic E-state index is 10.1. The Labute approximate surface area is 83.4 Å². The van der Waals surface area contributed by atoms with E-state index in [-0.39, 0.29) is 5.82 Å². The lowest BCUT2D eigenvalue weighted by Crippen LogP contribution is -2.10. The van der Waals surface area contributed by atoms with Crippen molar-refractivity contribution in [3.05, 3.63) is 31.9 Å². The van der Waals surface area contributed by atoms with Crippen LogP contribution in [0.25, 0.3) is 0 Å². The second kappa shape index (κ2) is 3.69. The molecule has 0 bridgehead atoms. The van der Waals surface area contributed by atoms with Crippen LogP contribution < -0.4 is 5.43 Å². The summed E-state index contributed by atoms with van der Waals surface area (Å²) in [5.74, 6) is 0.253. The summed E-state index contributed by atoms with van der Waals surface area (Å²) < 4.78 is 0.876. The van der Waals surface area contributed by atoms with Crippen molar-refractivity contribution in [3.8, 4) is 0 Å². The van der Waals surface area contributed by atoms with E-state index < -0.39 is 5.03 Å². The minimum absolute atomic E-state index is 0.253. The molecule has 1 aromatic heterocycles. The Bertz CT molecular complexity index is 331. The van der Waals surface area contributed by atoms with Gasteiger partial charge in [0, 0.05) is 4.47 Å². The molecule has 0 amide bonds. The molecule has 0 spiro atoms. The summed E-state index contributed by atoms with van der Waals surface area (Å²) in [7, 11) is 0. The van der Waals surface area contributed by atoms with Gasteiger partial charge in [0.15, 0.2) is 10.9 Å². The van der Waals surface area contributed by atoms with Gasteiger partial charge in [-0.25, -0.2) is 15.1 Å². The number of nitrogens with one attached hydrogen (secondary N) is 1. The lowest BCUT2D eigenvalue weighted by molar-refractivity contribution is -0.445. The normalized spacial score (nSPS) is 9.77. The zero-order valence-corrected chi connectivity index (χ0v) is 8.75. The van der Waals surface area contributed by atoms with Crippen LogP contribution in [0, 0.1) is 24.0 Å². The van der Waals surface area contributed by atoms with Gasteiger partial charge in [0.25, 0.3) is 0 Å². The molecule has 1 heterocycles. The molecule has 0 radical (unpaired) electrons. The number of pyridine rings is 1. The van der Waals surface area contributed by atoms with Crippen LogP contribution in [0.15, 0.2) is 10.5 Å². The van der Waals surface area contributed by atoms with E-state index >= 15 is 0 Å². The van der Waals surface area contributed by atoms with Crippen molar-refractivity contribution in [2.24, 2.45) is 0 Å². The number of aryl methyl sites for hydroxylation is 2. The van der Waals surface area contributed by atoms with Gasteiger partial charge in [0.2, 0.25) is 0 Å². The number of nitrogens with zero attached hydrogens (tertiary/aromatic N) is 2. The van der Waals surface area contributed by atoms with Crippen LogP contribution in [0.4, 0.5) is 5.82 Å². The SMILES string of the molecule is Cc1cc(N[N+](=O)[O-])nc(C)c1Br. The van der Waals surface area contributed by atoms with Gasteiger partial charge in [-0.1, -0.05) is 5.43 Å². The highest BCUT2D eigenvalue weighted by Gasteiger charge is 2.06. The molecule has 5 nitrogen and oxygen atoms in total. The maximum atomic E-state index is 10.1. The molecule has 0 saturated heterocycles. The third kappa shape index (κ3) is 2.38. The Balaban J connectivity index is 3.06. The number of hydrazine groups is 1. The van der Waals surface area contributed by atoms with E-state index in [0.29, 0.717) is 0 Å². The molecule has 0 atom stereocenters. The molecular formula is C7H8BrN3O2. The Morgan fingerprint density at radius 1 is 1.62 bits per heavy atom. The topological polar surface area (TPSA) is 68.1 Å². The molecule has 1 rings (SSSR count). The van der Waals surface area contributed by atoms with E-state index in [0.717, 1.165) is 15.7 Å². The van der Waals surface area contributed by atoms with Crippen LogP contribution in [-0.2, 0) is 0 Å². The molecule has 1 aromatic rings. The number of hydrogen-bond donors (Lipinski definition) is 1. The highest BCUT2D eigenvalue weighted by Crippen LogP contribution is 2.21. The maximum Gasteiger partial charge on any atom is 0.191 e. The molecular weight excluding hydrogens is 238 g/mol. The molecule has 0 fully saturated rings. The van der Waals surface area contributed by atoms with Gasteiger partial charge in [-0.2, -0.15) is 0 Å². The Morgan fingerprint density at radius 2 is 2.23 bits per heavy atom. The van der Waals surface area contributed by atoms with Crippen LogP contribution in [0.3, 0.4) is 0 Å². The van der Waals surface area contributed by atoms with Crippen molar-refractivity contribution in [1.29, 1.82) is 0 Å². The second-order valence-electron chi connectivity index (χ2n) is 2.59. The fourth-order valence-electron chi connectivity index (χ4n) is 0.967. The molecule has 0 aliphatic heterocycles. The average molecular weight is 246 g/mol. The molecule has 13 heavy (non-hydrogen) atoms. The average Bonchev–Trinajstić information content (AvgIpc) is 1.98. The third-order valence-corrected chi connectivity index (χ3v) is 2.71. The number of hydrogen-bond acceptors (Lipinski definition) is 3. The highest BCUT2D eigenvalue weighted by atomic mass is 79.9. The van der Waals surface area contributed by atoms with E-state index in [1.54, 1.807) is 13.0 Å². The lowest BCUT2D eigenvalue weighted by Gasteiger charge is -2.03. The molecule has 0 aromatic carbocycles. The standard InChI is InChI=1S/C7H8BrN3O2/c1-4-3-6(10-11(12)13)9-5(2)7(4)8/h3H,1-2H3,(H,9,10). The van der Waals surface area contributed by atoms with Crippen LogP contribution >= 0.6 is 15.9 Å². The monoisotopic (exact) mass is 245 g/mol. The van der Waals surface area contributed by atoms with Gasteiger partial charge in [-0.05, 0) is 41.4 Å². The molecule has 1 N–H and O–H groups in total. The first-order valence-corrected chi connectivity index (χ1v) is 4.35. The first-order valence-electron chi connectivity index (χ1n) is 3.55. The smallest absolute Gasteiger partial charge is 0.191 e. The van der Waals surface area contributed by atoms with Gasteiger partial charge in [-0.15, -0.1) is 0 Å². The van der Waals surface area contributed by atoms with Crippen molar-refractivity contribution in [1.82, 2.24) is 4.98 Å². The van der Waals surface area contributed by atoms with Gasteiger partial charge >= 0.3 is 0 Å². The van der Waals surface area contributed by atoms with Crippen LogP contribution in [0.2, 0.25) is 0 Å². The summed E-state index contributed by atoms with van der Waals surface area (Å²) in [6.07, 6.45) is 0. The summed E-state index contributed by atoms with van der Waals surface area (Å²) >= 11 is 3.32. The molecule has 70 valence electrons. The first kappa shape index (κ1) is 9.91. The van der Waals surface area contributed by atoms with Crippen LogP contribution in [0.1, 0.15) is 11.3 Å². The van der Waals surface area contributed by atoms with Gasteiger partial charge in [-0.3, -0.25) is 0 Å². The van der Waals surface area contributed by atoms with Gasteiger partial charge < -0.3 is 0 Å². The minimum Gasteiger partial charge on any atom is -0.234 e. The van der Waals surface area contributed by atoms with Crippen molar-refractivity contribution in [2.45, 2.75) is 13.8 Å². The van der Waals surface area contributed by atoms with Gasteiger partial charge in [0.1, 0.15) is 0 Å². The van der Waals surface area contributed by atoms with Crippen molar-refractivity contribution in [2.75, 3.05) is 5.43 Å². The number of rotatable bonds is 2. The summed E-state index contributed by atoms with van der Waals surface area (Å²) in [6.45, 7) is 3.63. The van der Waals surface area contributed by atoms with Crippen molar-refractivity contribution in [3.63, 3.8) is 0 Å². The van der Waals surface area contributed by atoms with Crippen LogP contribution in [0.5, 0.6) is 0 Å². The second-order valence-corrected chi connectivity index (χ2v) is 3.39. The van der Waals surface area contributed by atoms with E-state index in [9.17, 15) is 10.1 Å². The minimum atomic E-state index is -0.630.